The lowest BCUT2D eigenvalue weighted by atomic mass is 10.1. The maximum atomic E-state index is 5.64. The van der Waals surface area contributed by atoms with Crippen molar-refractivity contribution in [1.82, 2.24) is 0 Å². The average Bonchev–Trinajstić information content (AvgIpc) is 2.41. The second kappa shape index (κ2) is 6.37. The molecule has 2 nitrogen and oxygen atoms in total. The minimum absolute atomic E-state index is 0.415. The average molecular weight is 349 g/mol. The molecule has 0 fully saturated rings. The first kappa shape index (κ1) is 15.0. The molecule has 2 N–H and O–H groups in total. The third kappa shape index (κ3) is 3.58. The van der Waals surface area contributed by atoms with Gasteiger partial charge >= 0.3 is 0 Å². The Morgan fingerprint density at radius 3 is 2.40 bits per heavy atom. The number of halogens is 1. The monoisotopic (exact) mass is 348 g/mol. The molecule has 20 heavy (non-hydrogen) atoms. The zero-order valence-electron chi connectivity index (χ0n) is 11.6. The van der Waals surface area contributed by atoms with Crippen LogP contribution in [0.5, 0.6) is 0 Å². The predicted molar refractivity (Wildman–Crippen MR) is 93.3 cm³/mol. The molecule has 0 saturated carbocycles. The second-order valence-electron chi connectivity index (χ2n) is 4.87. The highest BCUT2D eigenvalue weighted by Gasteiger charge is 2.08. The van der Waals surface area contributed by atoms with Crippen molar-refractivity contribution in [2.45, 2.75) is 13.5 Å². The molecule has 2 aromatic carbocycles. The number of anilines is 1. The number of rotatable bonds is 4. The summed E-state index contributed by atoms with van der Waals surface area (Å²) < 4.78 is 0.998. The summed E-state index contributed by atoms with van der Waals surface area (Å²) in [5.74, 6) is 0. The van der Waals surface area contributed by atoms with E-state index in [-0.39, 0.29) is 0 Å². The highest BCUT2D eigenvalue weighted by molar-refractivity contribution is 9.10. The van der Waals surface area contributed by atoms with E-state index in [0.29, 0.717) is 4.99 Å². The summed E-state index contributed by atoms with van der Waals surface area (Å²) >= 11 is 8.58. The molecule has 0 saturated heterocycles. The van der Waals surface area contributed by atoms with Crippen LogP contribution in [0, 0.1) is 6.92 Å². The first-order valence-corrected chi connectivity index (χ1v) is 7.53. The molecule has 0 aliphatic heterocycles. The minimum atomic E-state index is 0.415. The smallest absolute Gasteiger partial charge is 0.104 e. The Morgan fingerprint density at radius 1 is 1.20 bits per heavy atom. The van der Waals surface area contributed by atoms with E-state index in [4.69, 9.17) is 18.0 Å². The molecule has 0 aliphatic carbocycles. The molecule has 0 heterocycles. The Balaban J connectivity index is 2.18. The summed E-state index contributed by atoms with van der Waals surface area (Å²) in [6.45, 7) is 2.95. The number of thiocarbonyl (C=S) groups is 1. The van der Waals surface area contributed by atoms with E-state index in [1.165, 1.54) is 11.1 Å². The molecule has 2 aromatic rings. The van der Waals surface area contributed by atoms with Gasteiger partial charge in [0.15, 0.2) is 0 Å². The van der Waals surface area contributed by atoms with Gasteiger partial charge < -0.3 is 10.6 Å². The number of hydrogen-bond donors (Lipinski definition) is 1. The number of hydrogen-bond acceptors (Lipinski definition) is 2. The summed E-state index contributed by atoms with van der Waals surface area (Å²) in [7, 11) is 2.07. The molecule has 4 heteroatoms. The SMILES string of the molecule is Cc1ccc(CN(C)c2ccc(C(N)=S)cc2Br)cc1. The Bertz CT molecular complexity index is 623. The van der Waals surface area contributed by atoms with E-state index in [2.05, 4.69) is 59.1 Å². The quantitative estimate of drug-likeness (QED) is 0.845. The lowest BCUT2D eigenvalue weighted by Gasteiger charge is -2.21. The van der Waals surface area contributed by atoms with Crippen LogP contribution in [-0.2, 0) is 6.54 Å². The normalized spacial score (nSPS) is 10.3. The lowest BCUT2D eigenvalue weighted by Crippen LogP contribution is -2.17. The van der Waals surface area contributed by atoms with Gasteiger partial charge in [0.2, 0.25) is 0 Å². The summed E-state index contributed by atoms with van der Waals surface area (Å²) in [5, 5.41) is 0. The number of benzene rings is 2. The highest BCUT2D eigenvalue weighted by Crippen LogP contribution is 2.27. The van der Waals surface area contributed by atoms with Gasteiger partial charge in [-0.05, 0) is 46.6 Å². The van der Waals surface area contributed by atoms with Gasteiger partial charge in [0.25, 0.3) is 0 Å². The van der Waals surface area contributed by atoms with Crippen molar-refractivity contribution in [3.63, 3.8) is 0 Å². The van der Waals surface area contributed by atoms with E-state index in [1.807, 2.05) is 18.2 Å². The van der Waals surface area contributed by atoms with Crippen molar-refractivity contribution in [3.05, 3.63) is 63.6 Å². The number of nitrogens with zero attached hydrogens (tertiary/aromatic N) is 1. The van der Waals surface area contributed by atoms with Crippen molar-refractivity contribution < 1.29 is 0 Å². The van der Waals surface area contributed by atoms with Crippen molar-refractivity contribution >= 4 is 38.8 Å². The molecule has 2 rings (SSSR count). The van der Waals surface area contributed by atoms with Crippen molar-refractivity contribution in [2.75, 3.05) is 11.9 Å². The zero-order chi connectivity index (χ0) is 14.7. The van der Waals surface area contributed by atoms with E-state index in [1.54, 1.807) is 0 Å². The molecule has 0 bridgehead atoms. The molecule has 104 valence electrons. The second-order valence-corrected chi connectivity index (χ2v) is 6.17. The molecule has 0 unspecified atom stereocenters. The van der Waals surface area contributed by atoms with Crippen LogP contribution in [0.4, 0.5) is 5.69 Å². The Morgan fingerprint density at radius 2 is 1.85 bits per heavy atom. The standard InChI is InChI=1S/C16H17BrN2S/c1-11-3-5-12(6-4-11)10-19(2)15-8-7-13(16(18)20)9-14(15)17/h3-9H,10H2,1-2H3,(H2,18,20). The van der Waals surface area contributed by atoms with Gasteiger partial charge in [0.1, 0.15) is 4.99 Å². The molecule has 0 spiro atoms. The Kier molecular flexibility index (Phi) is 4.78. The summed E-state index contributed by atoms with van der Waals surface area (Å²) in [4.78, 5) is 2.61. The highest BCUT2D eigenvalue weighted by atomic mass is 79.9. The molecule has 0 amide bonds. The molecular weight excluding hydrogens is 332 g/mol. The third-order valence-corrected chi connectivity index (χ3v) is 4.05. The molecule has 0 radical (unpaired) electrons. The maximum Gasteiger partial charge on any atom is 0.104 e. The third-order valence-electron chi connectivity index (χ3n) is 3.18. The fourth-order valence-electron chi connectivity index (χ4n) is 2.02. The topological polar surface area (TPSA) is 29.3 Å². The summed E-state index contributed by atoms with van der Waals surface area (Å²) in [5.41, 5.74) is 10.2. The first-order chi connectivity index (χ1) is 9.47. The van der Waals surface area contributed by atoms with Crippen LogP contribution < -0.4 is 10.6 Å². The number of aryl methyl sites for hydroxylation is 1. The van der Waals surface area contributed by atoms with Crippen LogP contribution in [0.1, 0.15) is 16.7 Å². The molecule has 0 aliphatic rings. The van der Waals surface area contributed by atoms with Crippen molar-refractivity contribution in [1.29, 1.82) is 0 Å². The van der Waals surface area contributed by atoms with Crippen LogP contribution in [0.3, 0.4) is 0 Å². The van der Waals surface area contributed by atoms with Crippen LogP contribution in [0.15, 0.2) is 46.9 Å². The largest absolute Gasteiger partial charge is 0.389 e. The van der Waals surface area contributed by atoms with Gasteiger partial charge in [-0.2, -0.15) is 0 Å². The van der Waals surface area contributed by atoms with Crippen LogP contribution >= 0.6 is 28.1 Å². The molecular formula is C16H17BrN2S. The predicted octanol–water partition coefficient (Wildman–Crippen LogP) is 4.03. The first-order valence-electron chi connectivity index (χ1n) is 6.33. The van der Waals surface area contributed by atoms with Crippen molar-refractivity contribution in [3.8, 4) is 0 Å². The Labute approximate surface area is 133 Å². The minimum Gasteiger partial charge on any atom is -0.389 e. The van der Waals surface area contributed by atoms with Crippen LogP contribution in [0.2, 0.25) is 0 Å². The van der Waals surface area contributed by atoms with Gasteiger partial charge in [-0.15, -0.1) is 0 Å². The van der Waals surface area contributed by atoms with Crippen molar-refractivity contribution in [2.24, 2.45) is 5.73 Å². The lowest BCUT2D eigenvalue weighted by molar-refractivity contribution is 0.919. The van der Waals surface area contributed by atoms with E-state index >= 15 is 0 Å². The van der Waals surface area contributed by atoms with Gasteiger partial charge in [0, 0.05) is 23.6 Å². The fraction of sp³-hybridized carbons (Fsp3) is 0.188. The van der Waals surface area contributed by atoms with Gasteiger partial charge in [0.05, 0.1) is 5.69 Å². The van der Waals surface area contributed by atoms with Crippen LogP contribution in [-0.4, -0.2) is 12.0 Å². The Hall–Kier alpha value is -1.39. The fourth-order valence-corrected chi connectivity index (χ4v) is 2.83. The molecule has 0 aromatic heterocycles. The van der Waals surface area contributed by atoms with Gasteiger partial charge in [-0.3, -0.25) is 0 Å². The summed E-state index contributed by atoms with van der Waals surface area (Å²) in [6.07, 6.45) is 0. The summed E-state index contributed by atoms with van der Waals surface area (Å²) in [6, 6.07) is 14.5. The van der Waals surface area contributed by atoms with E-state index < -0.39 is 0 Å². The van der Waals surface area contributed by atoms with E-state index in [0.717, 1.165) is 22.3 Å². The maximum absolute atomic E-state index is 5.64. The molecule has 0 atom stereocenters. The van der Waals surface area contributed by atoms with Crippen LogP contribution in [0.25, 0.3) is 0 Å². The number of nitrogens with two attached hydrogens (primary N) is 1. The van der Waals surface area contributed by atoms with Gasteiger partial charge in [-0.25, -0.2) is 0 Å². The zero-order valence-corrected chi connectivity index (χ0v) is 14.0. The van der Waals surface area contributed by atoms with Gasteiger partial charge in [-0.1, -0.05) is 42.0 Å². The van der Waals surface area contributed by atoms with E-state index in [9.17, 15) is 0 Å².